The number of aromatic carboxylic acids is 1. The van der Waals surface area contributed by atoms with E-state index in [2.05, 4.69) is 10.1 Å². The van der Waals surface area contributed by atoms with Gasteiger partial charge in [0, 0.05) is 27.2 Å². The number of carboxylic acids is 1. The van der Waals surface area contributed by atoms with Gasteiger partial charge in [-0.1, -0.05) is 46.9 Å². The van der Waals surface area contributed by atoms with E-state index in [0.29, 0.717) is 37.7 Å². The van der Waals surface area contributed by atoms with Gasteiger partial charge in [-0.2, -0.15) is 5.10 Å². The summed E-state index contributed by atoms with van der Waals surface area (Å²) in [5, 5.41) is 15.0. The zero-order chi connectivity index (χ0) is 19.1. The lowest BCUT2D eigenvalue weighted by atomic mass is 10.1. The Bertz CT molecular complexity index is 1190. The van der Waals surface area contributed by atoms with E-state index in [1.165, 1.54) is 10.6 Å². The molecule has 0 aliphatic carbocycles. The molecule has 134 valence electrons. The Kier molecular flexibility index (Phi) is 4.52. The Hall–Kier alpha value is -2.60. The molecule has 0 bridgehead atoms. The van der Waals surface area contributed by atoms with E-state index in [4.69, 9.17) is 34.8 Å². The highest BCUT2D eigenvalue weighted by Crippen LogP contribution is 2.33. The van der Waals surface area contributed by atoms with Crippen molar-refractivity contribution in [3.8, 4) is 22.5 Å². The topological polar surface area (TPSA) is 67.5 Å². The number of hydrogen-bond acceptors (Lipinski definition) is 3. The number of aromatic nitrogens is 3. The maximum absolute atomic E-state index is 11.4. The van der Waals surface area contributed by atoms with Crippen molar-refractivity contribution < 1.29 is 9.90 Å². The van der Waals surface area contributed by atoms with Gasteiger partial charge in [-0.05, 0) is 36.4 Å². The molecular weight excluding hydrogens is 409 g/mol. The summed E-state index contributed by atoms with van der Waals surface area (Å²) in [5.41, 5.74) is 2.99. The minimum atomic E-state index is -1.14. The molecule has 0 aliphatic heterocycles. The first kappa shape index (κ1) is 17.8. The number of hydrogen-bond donors (Lipinski definition) is 1. The summed E-state index contributed by atoms with van der Waals surface area (Å²) in [4.78, 5) is 15.9. The van der Waals surface area contributed by atoms with E-state index in [1.807, 2.05) is 12.1 Å². The van der Waals surface area contributed by atoms with E-state index < -0.39 is 5.97 Å². The predicted molar refractivity (Wildman–Crippen MR) is 106 cm³/mol. The molecule has 0 amide bonds. The highest BCUT2D eigenvalue weighted by atomic mass is 35.5. The van der Waals surface area contributed by atoms with E-state index >= 15 is 0 Å². The molecule has 4 aromatic rings. The molecule has 0 fully saturated rings. The normalized spacial score (nSPS) is 11.1. The van der Waals surface area contributed by atoms with Crippen molar-refractivity contribution in [1.82, 2.24) is 14.6 Å². The van der Waals surface area contributed by atoms with Crippen LogP contribution < -0.4 is 0 Å². The second-order valence-corrected chi connectivity index (χ2v) is 7.04. The first-order valence-corrected chi connectivity index (χ1v) is 8.91. The van der Waals surface area contributed by atoms with E-state index in [0.717, 1.165) is 5.56 Å². The van der Waals surface area contributed by atoms with Crippen LogP contribution in [-0.4, -0.2) is 25.7 Å². The fourth-order valence-corrected chi connectivity index (χ4v) is 3.37. The van der Waals surface area contributed by atoms with Crippen LogP contribution >= 0.6 is 34.8 Å². The molecular formula is C19H10Cl3N3O2. The van der Waals surface area contributed by atoms with Gasteiger partial charge in [0.1, 0.15) is 0 Å². The van der Waals surface area contributed by atoms with Crippen LogP contribution in [0.3, 0.4) is 0 Å². The van der Waals surface area contributed by atoms with E-state index in [-0.39, 0.29) is 5.69 Å². The predicted octanol–water partition coefficient (Wildman–Crippen LogP) is 5.72. The van der Waals surface area contributed by atoms with Crippen molar-refractivity contribution in [2.24, 2.45) is 0 Å². The molecule has 2 heterocycles. The monoisotopic (exact) mass is 417 g/mol. The number of rotatable bonds is 3. The number of carbonyl (C=O) groups is 1. The standard InChI is InChI=1S/C19H10Cl3N3O2/c20-11-3-1-10(2-4-11)15-8-17(13-6-5-12(21)7-14(13)22)25-18(23-15)9-16(24-25)19(26)27/h1-9H,(H,26,27). The Morgan fingerprint density at radius 3 is 2.30 bits per heavy atom. The summed E-state index contributed by atoms with van der Waals surface area (Å²) in [5.74, 6) is -1.14. The van der Waals surface area contributed by atoms with Gasteiger partial charge in [-0.25, -0.2) is 14.3 Å². The third kappa shape index (κ3) is 3.37. The molecule has 8 heteroatoms. The molecule has 0 saturated heterocycles. The van der Waals surface area contributed by atoms with Crippen molar-refractivity contribution in [2.45, 2.75) is 0 Å². The van der Waals surface area contributed by atoms with Gasteiger partial charge in [0.2, 0.25) is 0 Å². The Morgan fingerprint density at radius 1 is 0.926 bits per heavy atom. The van der Waals surface area contributed by atoms with Gasteiger partial charge in [-0.3, -0.25) is 0 Å². The quantitative estimate of drug-likeness (QED) is 0.462. The molecule has 0 atom stereocenters. The van der Waals surface area contributed by atoms with Crippen molar-refractivity contribution in [1.29, 1.82) is 0 Å². The van der Waals surface area contributed by atoms with Crippen LogP contribution in [0.2, 0.25) is 15.1 Å². The maximum Gasteiger partial charge on any atom is 0.356 e. The highest BCUT2D eigenvalue weighted by Gasteiger charge is 2.17. The number of halogens is 3. The smallest absolute Gasteiger partial charge is 0.356 e. The number of fused-ring (bicyclic) bond motifs is 1. The summed E-state index contributed by atoms with van der Waals surface area (Å²) >= 11 is 18.3. The summed E-state index contributed by atoms with van der Waals surface area (Å²) in [7, 11) is 0. The van der Waals surface area contributed by atoms with Gasteiger partial charge in [0.25, 0.3) is 0 Å². The van der Waals surface area contributed by atoms with E-state index in [9.17, 15) is 9.90 Å². The Morgan fingerprint density at radius 2 is 1.63 bits per heavy atom. The second kappa shape index (κ2) is 6.85. The van der Waals surface area contributed by atoms with Crippen LogP contribution in [0.1, 0.15) is 10.5 Å². The molecule has 2 aromatic carbocycles. The zero-order valence-corrected chi connectivity index (χ0v) is 15.8. The first-order valence-electron chi connectivity index (χ1n) is 7.78. The Labute approximate surface area is 168 Å². The molecule has 4 rings (SSSR count). The van der Waals surface area contributed by atoms with Crippen LogP contribution in [0.4, 0.5) is 0 Å². The molecule has 0 aliphatic rings. The van der Waals surface area contributed by atoms with Crippen molar-refractivity contribution >= 4 is 46.4 Å². The summed E-state index contributed by atoms with van der Waals surface area (Å²) < 4.78 is 1.46. The lowest BCUT2D eigenvalue weighted by Gasteiger charge is -2.10. The largest absolute Gasteiger partial charge is 0.476 e. The number of nitrogens with zero attached hydrogens (tertiary/aromatic N) is 3. The molecule has 0 unspecified atom stereocenters. The second-order valence-electron chi connectivity index (χ2n) is 5.76. The van der Waals surface area contributed by atoms with Crippen LogP contribution in [0.15, 0.2) is 54.6 Å². The zero-order valence-electron chi connectivity index (χ0n) is 13.5. The van der Waals surface area contributed by atoms with Gasteiger partial charge in [0.15, 0.2) is 11.3 Å². The molecule has 0 spiro atoms. The van der Waals surface area contributed by atoms with Gasteiger partial charge < -0.3 is 5.11 Å². The fourth-order valence-electron chi connectivity index (χ4n) is 2.74. The average Bonchev–Trinajstić information content (AvgIpc) is 3.06. The third-order valence-corrected chi connectivity index (χ3v) is 4.79. The minimum Gasteiger partial charge on any atom is -0.476 e. The minimum absolute atomic E-state index is 0.109. The van der Waals surface area contributed by atoms with Crippen molar-refractivity contribution in [3.63, 3.8) is 0 Å². The van der Waals surface area contributed by atoms with Crippen molar-refractivity contribution in [3.05, 3.63) is 75.4 Å². The van der Waals surface area contributed by atoms with Crippen LogP contribution in [0.5, 0.6) is 0 Å². The first-order chi connectivity index (χ1) is 12.9. The summed E-state index contributed by atoms with van der Waals surface area (Å²) in [6.07, 6.45) is 0. The number of carboxylic acid groups (broad SMARTS) is 1. The molecule has 0 saturated carbocycles. The summed E-state index contributed by atoms with van der Waals surface area (Å²) in [6.45, 7) is 0. The SMILES string of the molecule is O=C(O)c1cc2nc(-c3ccc(Cl)cc3)cc(-c3ccc(Cl)cc3Cl)n2n1. The van der Waals surface area contributed by atoms with Gasteiger partial charge in [0.05, 0.1) is 16.4 Å². The summed E-state index contributed by atoms with van der Waals surface area (Å²) in [6, 6.07) is 15.5. The van der Waals surface area contributed by atoms with Crippen LogP contribution in [-0.2, 0) is 0 Å². The lowest BCUT2D eigenvalue weighted by molar-refractivity contribution is 0.0690. The van der Waals surface area contributed by atoms with Crippen LogP contribution in [0.25, 0.3) is 28.2 Å². The molecule has 1 N–H and O–H groups in total. The van der Waals surface area contributed by atoms with Gasteiger partial charge >= 0.3 is 5.97 Å². The fraction of sp³-hybridized carbons (Fsp3) is 0. The van der Waals surface area contributed by atoms with Gasteiger partial charge in [-0.15, -0.1) is 0 Å². The molecule has 0 radical (unpaired) electrons. The van der Waals surface area contributed by atoms with Crippen LogP contribution in [0, 0.1) is 0 Å². The molecule has 27 heavy (non-hydrogen) atoms. The highest BCUT2D eigenvalue weighted by molar-refractivity contribution is 6.36. The lowest BCUT2D eigenvalue weighted by Crippen LogP contribution is -2.01. The molecule has 2 aromatic heterocycles. The maximum atomic E-state index is 11.4. The average molecular weight is 419 g/mol. The number of benzene rings is 2. The molecule has 5 nitrogen and oxygen atoms in total. The third-order valence-electron chi connectivity index (χ3n) is 3.99. The Balaban J connectivity index is 2.02. The van der Waals surface area contributed by atoms with E-state index in [1.54, 1.807) is 36.4 Å². The van der Waals surface area contributed by atoms with Crippen molar-refractivity contribution in [2.75, 3.05) is 0 Å².